The van der Waals surface area contributed by atoms with Crippen LogP contribution in [-0.2, 0) is 4.79 Å². The van der Waals surface area contributed by atoms with Crippen LogP contribution in [0.25, 0.3) is 0 Å². The molecule has 0 aliphatic rings. The molecule has 0 atom stereocenters. The van der Waals surface area contributed by atoms with Crippen LogP contribution in [0.2, 0.25) is 0 Å². The molecule has 0 bridgehead atoms. The normalized spacial score (nSPS) is 10.2. The number of nitrogens with two attached hydrogens (primary N) is 1. The molecule has 3 N–H and O–H groups in total. The second-order valence-corrected chi connectivity index (χ2v) is 5.00. The summed E-state index contributed by atoms with van der Waals surface area (Å²) in [5.74, 6) is 0.699. The van der Waals surface area contributed by atoms with Gasteiger partial charge in [-0.2, -0.15) is 0 Å². The zero-order chi connectivity index (χ0) is 15.2. The Morgan fingerprint density at radius 1 is 1.19 bits per heavy atom. The molecule has 2 aromatic carbocycles. The fraction of sp³-hybridized carbons (Fsp3) is 0.235. The van der Waals surface area contributed by atoms with E-state index in [0.717, 1.165) is 11.3 Å². The molecular formula is C17H20N2O2. The molecule has 0 aromatic heterocycles. The predicted octanol–water partition coefficient (Wildman–Crippen LogP) is 3.29. The first-order valence-corrected chi connectivity index (χ1v) is 6.90. The Morgan fingerprint density at radius 3 is 2.67 bits per heavy atom. The van der Waals surface area contributed by atoms with Gasteiger partial charge in [-0.3, -0.25) is 4.79 Å². The van der Waals surface area contributed by atoms with Crippen LogP contribution in [0.1, 0.15) is 17.5 Å². The fourth-order valence-corrected chi connectivity index (χ4v) is 2.04. The highest BCUT2D eigenvalue weighted by atomic mass is 16.5. The van der Waals surface area contributed by atoms with Crippen LogP contribution >= 0.6 is 0 Å². The van der Waals surface area contributed by atoms with Gasteiger partial charge in [-0.05, 0) is 37.6 Å². The Labute approximate surface area is 124 Å². The summed E-state index contributed by atoms with van der Waals surface area (Å²) in [6.45, 7) is 4.37. The maximum atomic E-state index is 11.8. The molecule has 0 aliphatic heterocycles. The predicted molar refractivity (Wildman–Crippen MR) is 85.5 cm³/mol. The lowest BCUT2D eigenvalue weighted by Crippen LogP contribution is -2.16. The zero-order valence-corrected chi connectivity index (χ0v) is 12.3. The number of anilines is 2. The lowest BCUT2D eigenvalue weighted by molar-refractivity contribution is -0.116. The Balaban J connectivity index is 1.83. The van der Waals surface area contributed by atoms with Gasteiger partial charge in [-0.1, -0.05) is 29.8 Å². The van der Waals surface area contributed by atoms with E-state index in [-0.39, 0.29) is 12.3 Å². The van der Waals surface area contributed by atoms with Crippen molar-refractivity contribution in [2.75, 3.05) is 17.7 Å². The number of carbonyl (C=O) groups excluding carboxylic acids is 1. The highest BCUT2D eigenvalue weighted by molar-refractivity contribution is 5.93. The van der Waals surface area contributed by atoms with Crippen molar-refractivity contribution in [3.8, 4) is 5.75 Å². The average Bonchev–Trinajstić information content (AvgIpc) is 2.44. The van der Waals surface area contributed by atoms with E-state index in [1.54, 1.807) is 12.1 Å². The van der Waals surface area contributed by atoms with Gasteiger partial charge in [-0.15, -0.1) is 0 Å². The Hall–Kier alpha value is -2.49. The van der Waals surface area contributed by atoms with Gasteiger partial charge < -0.3 is 15.8 Å². The van der Waals surface area contributed by atoms with E-state index in [1.165, 1.54) is 5.56 Å². The van der Waals surface area contributed by atoms with Crippen molar-refractivity contribution in [2.24, 2.45) is 0 Å². The van der Waals surface area contributed by atoms with Crippen molar-refractivity contribution in [1.82, 2.24) is 0 Å². The molecule has 0 saturated heterocycles. The molecule has 21 heavy (non-hydrogen) atoms. The van der Waals surface area contributed by atoms with Gasteiger partial charge in [0.15, 0.2) is 0 Å². The van der Waals surface area contributed by atoms with E-state index in [1.807, 2.05) is 38.1 Å². The van der Waals surface area contributed by atoms with Crippen LogP contribution in [0.4, 0.5) is 11.4 Å². The maximum Gasteiger partial charge on any atom is 0.227 e. The molecule has 0 heterocycles. The van der Waals surface area contributed by atoms with Crippen LogP contribution in [-0.4, -0.2) is 12.5 Å². The van der Waals surface area contributed by atoms with Gasteiger partial charge in [0, 0.05) is 0 Å². The minimum absolute atomic E-state index is 0.113. The molecule has 0 radical (unpaired) electrons. The molecule has 0 aliphatic carbocycles. The van der Waals surface area contributed by atoms with E-state index in [9.17, 15) is 4.79 Å². The summed E-state index contributed by atoms with van der Waals surface area (Å²) in [5.41, 5.74) is 9.23. The summed E-state index contributed by atoms with van der Waals surface area (Å²) >= 11 is 0. The van der Waals surface area contributed by atoms with Gasteiger partial charge in [-0.25, -0.2) is 0 Å². The van der Waals surface area contributed by atoms with Gasteiger partial charge in [0.05, 0.1) is 24.4 Å². The number of hydrogen-bond donors (Lipinski definition) is 2. The molecule has 0 saturated carbocycles. The van der Waals surface area contributed by atoms with Gasteiger partial charge >= 0.3 is 0 Å². The number of benzene rings is 2. The number of carbonyl (C=O) groups is 1. The van der Waals surface area contributed by atoms with Crippen LogP contribution in [0, 0.1) is 13.8 Å². The number of nitrogen functional groups attached to an aromatic ring is 1. The van der Waals surface area contributed by atoms with E-state index >= 15 is 0 Å². The Kier molecular flexibility index (Phi) is 4.82. The van der Waals surface area contributed by atoms with Crippen LogP contribution in [0.15, 0.2) is 42.5 Å². The molecule has 0 unspecified atom stereocenters. The van der Waals surface area contributed by atoms with Crippen LogP contribution < -0.4 is 15.8 Å². The smallest absolute Gasteiger partial charge is 0.227 e. The van der Waals surface area contributed by atoms with Crippen molar-refractivity contribution in [3.05, 3.63) is 53.6 Å². The highest BCUT2D eigenvalue weighted by Crippen LogP contribution is 2.19. The lowest BCUT2D eigenvalue weighted by atomic mass is 10.1. The zero-order valence-electron chi connectivity index (χ0n) is 12.3. The van der Waals surface area contributed by atoms with Crippen molar-refractivity contribution < 1.29 is 9.53 Å². The third-order valence-corrected chi connectivity index (χ3v) is 3.15. The standard InChI is InChI=1S/C17H20N2O2/c1-12-7-8-16(13(2)11-12)21-10-9-17(20)19-15-6-4-3-5-14(15)18/h3-8,11H,9-10,18H2,1-2H3,(H,19,20). The van der Waals surface area contributed by atoms with Crippen molar-refractivity contribution in [2.45, 2.75) is 20.3 Å². The number of aryl methyl sites for hydroxylation is 2. The molecular weight excluding hydrogens is 264 g/mol. The maximum absolute atomic E-state index is 11.8. The quantitative estimate of drug-likeness (QED) is 0.828. The SMILES string of the molecule is Cc1ccc(OCCC(=O)Nc2ccccc2N)c(C)c1. The minimum atomic E-state index is -0.113. The summed E-state index contributed by atoms with van der Waals surface area (Å²) in [5, 5.41) is 2.78. The van der Waals surface area contributed by atoms with Gasteiger partial charge in [0.25, 0.3) is 0 Å². The lowest BCUT2D eigenvalue weighted by Gasteiger charge is -2.10. The third-order valence-electron chi connectivity index (χ3n) is 3.15. The Bertz CT molecular complexity index is 638. The number of nitrogens with one attached hydrogen (secondary N) is 1. The number of hydrogen-bond acceptors (Lipinski definition) is 3. The molecule has 2 aromatic rings. The average molecular weight is 284 g/mol. The summed E-state index contributed by atoms with van der Waals surface area (Å²) in [6, 6.07) is 13.2. The molecule has 4 nitrogen and oxygen atoms in total. The van der Waals surface area contributed by atoms with E-state index in [4.69, 9.17) is 10.5 Å². The summed E-state index contributed by atoms with van der Waals surface area (Å²) in [4.78, 5) is 11.8. The summed E-state index contributed by atoms with van der Waals surface area (Å²) in [7, 11) is 0. The van der Waals surface area contributed by atoms with Crippen molar-refractivity contribution in [1.29, 1.82) is 0 Å². The van der Waals surface area contributed by atoms with Crippen molar-refractivity contribution in [3.63, 3.8) is 0 Å². The fourth-order valence-electron chi connectivity index (χ4n) is 2.04. The van der Waals surface area contributed by atoms with Crippen molar-refractivity contribution >= 4 is 17.3 Å². The second-order valence-electron chi connectivity index (χ2n) is 5.00. The number of ether oxygens (including phenoxy) is 1. The first-order chi connectivity index (χ1) is 10.1. The molecule has 0 spiro atoms. The minimum Gasteiger partial charge on any atom is -0.493 e. The Morgan fingerprint density at radius 2 is 1.95 bits per heavy atom. The topological polar surface area (TPSA) is 64.3 Å². The molecule has 110 valence electrons. The molecule has 4 heteroatoms. The van der Waals surface area contributed by atoms with E-state index in [0.29, 0.717) is 18.0 Å². The second kappa shape index (κ2) is 6.79. The largest absolute Gasteiger partial charge is 0.493 e. The summed E-state index contributed by atoms with van der Waals surface area (Å²) < 4.78 is 5.64. The molecule has 1 amide bonds. The highest BCUT2D eigenvalue weighted by Gasteiger charge is 2.06. The molecule has 2 rings (SSSR count). The first kappa shape index (κ1) is 14.9. The van der Waals surface area contributed by atoms with Crippen LogP contribution in [0.5, 0.6) is 5.75 Å². The number of amides is 1. The summed E-state index contributed by atoms with van der Waals surface area (Å²) in [6.07, 6.45) is 0.279. The van der Waals surface area contributed by atoms with Crippen LogP contribution in [0.3, 0.4) is 0 Å². The number of para-hydroxylation sites is 2. The number of rotatable bonds is 5. The third kappa shape index (κ3) is 4.24. The van der Waals surface area contributed by atoms with E-state index in [2.05, 4.69) is 11.4 Å². The monoisotopic (exact) mass is 284 g/mol. The van der Waals surface area contributed by atoms with E-state index < -0.39 is 0 Å². The van der Waals surface area contributed by atoms with Gasteiger partial charge in [0.1, 0.15) is 5.75 Å². The first-order valence-electron chi connectivity index (χ1n) is 6.90. The van der Waals surface area contributed by atoms with Gasteiger partial charge in [0.2, 0.25) is 5.91 Å². The molecule has 0 fully saturated rings.